The normalized spacial score (nSPS) is 10.7. The Morgan fingerprint density at radius 2 is 2.10 bits per heavy atom. The number of pyridine rings is 1. The van der Waals surface area contributed by atoms with Crippen molar-refractivity contribution < 1.29 is 9.32 Å². The zero-order valence-corrected chi connectivity index (χ0v) is 11.3. The fourth-order valence-corrected chi connectivity index (χ4v) is 2.06. The number of rotatable bonds is 3. The van der Waals surface area contributed by atoms with Gasteiger partial charge in [0.2, 0.25) is 5.89 Å². The summed E-state index contributed by atoms with van der Waals surface area (Å²) >= 11 is 0. The molecule has 2 aromatic heterocycles. The number of nitrogens with one attached hydrogen (secondary N) is 1. The van der Waals surface area contributed by atoms with E-state index in [-0.39, 0.29) is 12.5 Å². The molecule has 0 fully saturated rings. The molecular formula is C14H13N5O2. The zero-order valence-electron chi connectivity index (χ0n) is 11.3. The standard InChI is InChI=1S/C14H13N5O2/c1-8-18-12(19-21-8)7-17-14(20)11-6-16-13(15)10-5-3-2-4-9(10)11/h2-6H,7H2,1H3,(H2,15,16)(H,17,20). The summed E-state index contributed by atoms with van der Waals surface area (Å²) in [5, 5.41) is 7.96. The van der Waals surface area contributed by atoms with Crippen molar-refractivity contribution in [2.45, 2.75) is 13.5 Å². The molecule has 0 saturated heterocycles. The summed E-state index contributed by atoms with van der Waals surface area (Å²) in [4.78, 5) is 20.4. The van der Waals surface area contributed by atoms with Gasteiger partial charge in [-0.15, -0.1) is 0 Å². The van der Waals surface area contributed by atoms with Gasteiger partial charge in [-0.2, -0.15) is 4.98 Å². The fraction of sp³-hybridized carbons (Fsp3) is 0.143. The van der Waals surface area contributed by atoms with Gasteiger partial charge in [0.15, 0.2) is 5.82 Å². The maximum absolute atomic E-state index is 12.3. The van der Waals surface area contributed by atoms with E-state index < -0.39 is 0 Å². The summed E-state index contributed by atoms with van der Waals surface area (Å²) in [5.74, 6) is 1.02. The molecule has 0 unspecified atom stereocenters. The SMILES string of the molecule is Cc1nc(CNC(=O)c2cnc(N)c3ccccc23)no1. The van der Waals surface area contributed by atoms with Gasteiger partial charge in [0, 0.05) is 18.5 Å². The number of nitrogens with two attached hydrogens (primary N) is 1. The molecule has 0 bridgehead atoms. The highest BCUT2D eigenvalue weighted by molar-refractivity contribution is 6.08. The summed E-state index contributed by atoms with van der Waals surface area (Å²) in [6, 6.07) is 7.36. The number of anilines is 1. The molecule has 0 radical (unpaired) electrons. The van der Waals surface area contributed by atoms with Gasteiger partial charge in [-0.05, 0) is 5.39 Å². The number of fused-ring (bicyclic) bond motifs is 1. The summed E-state index contributed by atoms with van der Waals surface area (Å²) in [5.41, 5.74) is 6.28. The highest BCUT2D eigenvalue weighted by Gasteiger charge is 2.13. The molecule has 3 N–H and O–H groups in total. The highest BCUT2D eigenvalue weighted by atomic mass is 16.5. The lowest BCUT2D eigenvalue weighted by Crippen LogP contribution is -2.24. The lowest BCUT2D eigenvalue weighted by molar-refractivity contribution is 0.0951. The quantitative estimate of drug-likeness (QED) is 0.753. The van der Waals surface area contributed by atoms with E-state index in [1.807, 2.05) is 24.3 Å². The Balaban J connectivity index is 1.86. The van der Waals surface area contributed by atoms with Gasteiger partial charge < -0.3 is 15.6 Å². The van der Waals surface area contributed by atoms with Crippen LogP contribution in [0.4, 0.5) is 5.82 Å². The van der Waals surface area contributed by atoms with Crippen molar-refractivity contribution in [3.8, 4) is 0 Å². The number of carbonyl (C=O) groups excluding carboxylic acids is 1. The van der Waals surface area contributed by atoms with Crippen LogP contribution in [-0.2, 0) is 6.54 Å². The monoisotopic (exact) mass is 283 g/mol. The van der Waals surface area contributed by atoms with Crippen LogP contribution in [0.3, 0.4) is 0 Å². The third kappa shape index (κ3) is 2.53. The summed E-state index contributed by atoms with van der Waals surface area (Å²) in [6.07, 6.45) is 1.47. The van der Waals surface area contributed by atoms with Gasteiger partial charge in [0.05, 0.1) is 12.1 Å². The lowest BCUT2D eigenvalue weighted by atomic mass is 10.1. The fourth-order valence-electron chi connectivity index (χ4n) is 2.06. The van der Waals surface area contributed by atoms with Crippen LogP contribution in [0.5, 0.6) is 0 Å². The van der Waals surface area contributed by atoms with Crippen molar-refractivity contribution in [2.24, 2.45) is 0 Å². The van der Waals surface area contributed by atoms with Gasteiger partial charge in [-0.25, -0.2) is 4.98 Å². The molecule has 0 aliphatic rings. The number of hydrogen-bond donors (Lipinski definition) is 2. The first-order valence-corrected chi connectivity index (χ1v) is 6.36. The Labute approximate surface area is 120 Å². The van der Waals surface area contributed by atoms with Gasteiger partial charge in [0.1, 0.15) is 5.82 Å². The first-order chi connectivity index (χ1) is 10.1. The average molecular weight is 283 g/mol. The highest BCUT2D eigenvalue weighted by Crippen LogP contribution is 2.22. The van der Waals surface area contributed by atoms with Crippen LogP contribution in [0, 0.1) is 6.92 Å². The second-order valence-corrected chi connectivity index (χ2v) is 4.51. The minimum absolute atomic E-state index is 0.189. The molecule has 1 aromatic carbocycles. The van der Waals surface area contributed by atoms with Crippen molar-refractivity contribution in [1.82, 2.24) is 20.4 Å². The lowest BCUT2D eigenvalue weighted by Gasteiger charge is -2.07. The smallest absolute Gasteiger partial charge is 0.253 e. The zero-order chi connectivity index (χ0) is 14.8. The maximum atomic E-state index is 12.3. The van der Waals surface area contributed by atoms with Crippen LogP contribution in [-0.4, -0.2) is 21.0 Å². The first kappa shape index (κ1) is 13.0. The molecule has 0 aliphatic heterocycles. The second-order valence-electron chi connectivity index (χ2n) is 4.51. The number of benzene rings is 1. The Morgan fingerprint density at radius 3 is 2.81 bits per heavy atom. The molecular weight excluding hydrogens is 270 g/mol. The van der Waals surface area contributed by atoms with Crippen molar-refractivity contribution in [3.63, 3.8) is 0 Å². The van der Waals surface area contributed by atoms with Gasteiger partial charge in [0.25, 0.3) is 5.91 Å². The van der Waals surface area contributed by atoms with E-state index in [4.69, 9.17) is 10.3 Å². The van der Waals surface area contributed by atoms with Gasteiger partial charge in [-0.3, -0.25) is 4.79 Å². The third-order valence-corrected chi connectivity index (χ3v) is 3.05. The van der Waals surface area contributed by atoms with E-state index in [0.717, 1.165) is 10.8 Å². The van der Waals surface area contributed by atoms with Crippen molar-refractivity contribution >= 4 is 22.5 Å². The van der Waals surface area contributed by atoms with Crippen LogP contribution in [0.25, 0.3) is 10.8 Å². The molecule has 21 heavy (non-hydrogen) atoms. The van der Waals surface area contributed by atoms with E-state index in [2.05, 4.69) is 20.4 Å². The molecule has 7 heteroatoms. The molecule has 3 rings (SSSR count). The first-order valence-electron chi connectivity index (χ1n) is 6.36. The Morgan fingerprint density at radius 1 is 1.33 bits per heavy atom. The van der Waals surface area contributed by atoms with E-state index in [1.165, 1.54) is 6.20 Å². The Hall–Kier alpha value is -2.96. The molecule has 1 amide bonds. The number of nitrogens with zero attached hydrogens (tertiary/aromatic N) is 3. The molecule has 0 atom stereocenters. The number of hydrogen-bond acceptors (Lipinski definition) is 6. The number of amides is 1. The van der Waals surface area contributed by atoms with Crippen LogP contribution < -0.4 is 11.1 Å². The average Bonchev–Trinajstić information content (AvgIpc) is 2.91. The van der Waals surface area contributed by atoms with Gasteiger partial charge in [-0.1, -0.05) is 29.4 Å². The minimum Gasteiger partial charge on any atom is -0.383 e. The molecule has 0 spiro atoms. The number of nitrogen functional groups attached to an aromatic ring is 1. The predicted octanol–water partition coefficient (Wildman–Crippen LogP) is 1.44. The van der Waals surface area contributed by atoms with Crippen LogP contribution >= 0.6 is 0 Å². The largest absolute Gasteiger partial charge is 0.383 e. The summed E-state index contributed by atoms with van der Waals surface area (Å²) < 4.78 is 4.85. The molecule has 0 saturated carbocycles. The van der Waals surface area contributed by atoms with E-state index >= 15 is 0 Å². The molecule has 7 nitrogen and oxygen atoms in total. The predicted molar refractivity (Wildman–Crippen MR) is 76.4 cm³/mol. The third-order valence-electron chi connectivity index (χ3n) is 3.05. The van der Waals surface area contributed by atoms with E-state index in [9.17, 15) is 4.79 Å². The van der Waals surface area contributed by atoms with E-state index in [1.54, 1.807) is 6.92 Å². The second kappa shape index (κ2) is 5.20. The van der Waals surface area contributed by atoms with E-state index in [0.29, 0.717) is 23.1 Å². The van der Waals surface area contributed by atoms with Crippen LogP contribution in [0.15, 0.2) is 35.0 Å². The molecule has 3 aromatic rings. The minimum atomic E-state index is -0.263. The number of carbonyl (C=O) groups is 1. The van der Waals surface area contributed by atoms with Crippen molar-refractivity contribution in [2.75, 3.05) is 5.73 Å². The number of aromatic nitrogens is 3. The molecule has 0 aliphatic carbocycles. The van der Waals surface area contributed by atoms with Crippen LogP contribution in [0.1, 0.15) is 22.1 Å². The maximum Gasteiger partial charge on any atom is 0.253 e. The number of aryl methyl sites for hydroxylation is 1. The Kier molecular flexibility index (Phi) is 3.23. The van der Waals surface area contributed by atoms with Crippen LogP contribution in [0.2, 0.25) is 0 Å². The molecule has 106 valence electrons. The molecule has 2 heterocycles. The summed E-state index contributed by atoms with van der Waals surface area (Å²) in [6.45, 7) is 1.88. The van der Waals surface area contributed by atoms with Gasteiger partial charge >= 0.3 is 0 Å². The summed E-state index contributed by atoms with van der Waals surface area (Å²) in [7, 11) is 0. The van der Waals surface area contributed by atoms with Crippen molar-refractivity contribution in [1.29, 1.82) is 0 Å². The topological polar surface area (TPSA) is 107 Å². The Bertz CT molecular complexity index is 812. The van der Waals surface area contributed by atoms with Crippen molar-refractivity contribution in [3.05, 3.63) is 47.7 Å².